The van der Waals surface area contributed by atoms with Gasteiger partial charge in [0.15, 0.2) is 11.5 Å². The number of nitrogens with one attached hydrogen (secondary N) is 1. The van der Waals surface area contributed by atoms with Crippen molar-refractivity contribution in [2.45, 2.75) is 49.5 Å². The molecule has 2 aromatic carbocycles. The molecule has 9 heteroatoms. The van der Waals surface area contributed by atoms with E-state index in [0.717, 1.165) is 32.1 Å². The van der Waals surface area contributed by atoms with Gasteiger partial charge >= 0.3 is 0 Å². The zero-order chi connectivity index (χ0) is 23.1. The van der Waals surface area contributed by atoms with Crippen LogP contribution in [0.4, 0.5) is 5.69 Å². The normalized spacial score (nSPS) is 15.0. The Morgan fingerprint density at radius 1 is 1.19 bits per heavy atom. The fourth-order valence-electron chi connectivity index (χ4n) is 4.03. The maximum Gasteiger partial charge on any atom is 0.255 e. The van der Waals surface area contributed by atoms with Crippen molar-refractivity contribution in [2.75, 3.05) is 25.5 Å². The van der Waals surface area contributed by atoms with E-state index < -0.39 is 15.9 Å². The number of hydrogen-bond acceptors (Lipinski definition) is 6. The lowest BCUT2D eigenvalue weighted by molar-refractivity contribution is 0.102. The van der Waals surface area contributed by atoms with Gasteiger partial charge in [-0.25, -0.2) is 8.42 Å². The molecule has 1 aliphatic rings. The molecule has 1 aliphatic carbocycles. The van der Waals surface area contributed by atoms with E-state index >= 15 is 0 Å². The van der Waals surface area contributed by atoms with E-state index in [1.165, 1.54) is 31.4 Å². The summed E-state index contributed by atoms with van der Waals surface area (Å²) in [5.74, 6) is -0.503. The summed E-state index contributed by atoms with van der Waals surface area (Å²) >= 11 is 0. The van der Waals surface area contributed by atoms with Gasteiger partial charge in [0, 0.05) is 18.2 Å². The van der Waals surface area contributed by atoms with Crippen LogP contribution in [0.15, 0.2) is 47.4 Å². The molecule has 0 unspecified atom stereocenters. The number of ether oxygens (including phenoxy) is 1. The fraction of sp³-hybridized carbons (Fsp3) is 0.435. The molecule has 0 aliphatic heterocycles. The zero-order valence-electron chi connectivity index (χ0n) is 18.3. The van der Waals surface area contributed by atoms with Gasteiger partial charge in [-0.1, -0.05) is 31.4 Å². The molecule has 174 valence electrons. The molecule has 2 aromatic rings. The topological polar surface area (TPSA) is 122 Å². The van der Waals surface area contributed by atoms with Crippen LogP contribution in [-0.4, -0.2) is 50.0 Å². The van der Waals surface area contributed by atoms with Crippen molar-refractivity contribution in [1.82, 2.24) is 4.31 Å². The van der Waals surface area contributed by atoms with Gasteiger partial charge in [0.1, 0.15) is 0 Å². The van der Waals surface area contributed by atoms with Crippen LogP contribution < -0.4 is 15.8 Å². The number of anilines is 1. The molecule has 1 fully saturated rings. The first-order valence-corrected chi connectivity index (χ1v) is 12.3. The molecular formula is C23H31N3O5S. The van der Waals surface area contributed by atoms with Crippen molar-refractivity contribution in [1.29, 1.82) is 0 Å². The first-order valence-electron chi connectivity index (χ1n) is 10.9. The van der Waals surface area contributed by atoms with E-state index in [-0.39, 0.29) is 33.7 Å². The Morgan fingerprint density at radius 3 is 2.59 bits per heavy atom. The van der Waals surface area contributed by atoms with Crippen molar-refractivity contribution in [3.05, 3.63) is 48.0 Å². The summed E-state index contributed by atoms with van der Waals surface area (Å²) in [4.78, 5) is 12.9. The Bertz CT molecular complexity index is 1040. The summed E-state index contributed by atoms with van der Waals surface area (Å²) in [6.07, 6.45) is 5.37. The maximum absolute atomic E-state index is 13.5. The van der Waals surface area contributed by atoms with E-state index in [4.69, 9.17) is 10.5 Å². The van der Waals surface area contributed by atoms with Crippen LogP contribution in [0.3, 0.4) is 0 Å². The van der Waals surface area contributed by atoms with Gasteiger partial charge in [-0.05, 0) is 56.1 Å². The molecule has 0 spiro atoms. The third kappa shape index (κ3) is 5.40. The first-order chi connectivity index (χ1) is 15.4. The molecule has 1 saturated carbocycles. The summed E-state index contributed by atoms with van der Waals surface area (Å²) in [5, 5.41) is 12.8. The van der Waals surface area contributed by atoms with Crippen molar-refractivity contribution in [2.24, 2.45) is 5.73 Å². The Morgan fingerprint density at radius 2 is 1.91 bits per heavy atom. The minimum atomic E-state index is -3.79. The molecule has 1 amide bonds. The first kappa shape index (κ1) is 24.0. The number of hydrogen-bond donors (Lipinski definition) is 3. The van der Waals surface area contributed by atoms with Gasteiger partial charge in [0.2, 0.25) is 10.0 Å². The Hall–Kier alpha value is -2.62. The number of rotatable bonds is 9. The lowest BCUT2D eigenvalue weighted by Crippen LogP contribution is -2.42. The number of aromatic hydroxyl groups is 1. The van der Waals surface area contributed by atoms with Gasteiger partial charge in [-0.15, -0.1) is 0 Å². The van der Waals surface area contributed by atoms with Crippen LogP contribution in [0.2, 0.25) is 0 Å². The van der Waals surface area contributed by atoms with Gasteiger partial charge < -0.3 is 20.9 Å². The number of nitrogens with two attached hydrogens (primary N) is 1. The van der Waals surface area contributed by atoms with Crippen molar-refractivity contribution >= 4 is 21.6 Å². The van der Waals surface area contributed by atoms with Crippen LogP contribution >= 0.6 is 0 Å². The number of amides is 1. The number of nitrogens with zero attached hydrogens (tertiary/aromatic N) is 1. The zero-order valence-corrected chi connectivity index (χ0v) is 19.1. The Labute approximate surface area is 189 Å². The number of benzene rings is 2. The second-order valence-electron chi connectivity index (χ2n) is 7.89. The van der Waals surface area contributed by atoms with Gasteiger partial charge in [-0.3, -0.25) is 4.79 Å². The fourth-order valence-corrected chi connectivity index (χ4v) is 5.80. The monoisotopic (exact) mass is 461 g/mol. The molecule has 4 N–H and O–H groups in total. The second kappa shape index (κ2) is 10.8. The number of sulfonamides is 1. The number of phenols is 1. The average molecular weight is 462 g/mol. The van der Waals surface area contributed by atoms with Crippen LogP contribution in [-0.2, 0) is 10.0 Å². The van der Waals surface area contributed by atoms with Crippen LogP contribution in [0.5, 0.6) is 11.5 Å². The van der Waals surface area contributed by atoms with Crippen LogP contribution in [0.1, 0.15) is 48.9 Å². The van der Waals surface area contributed by atoms with Crippen molar-refractivity contribution in [3.63, 3.8) is 0 Å². The summed E-state index contributed by atoms with van der Waals surface area (Å²) in [6.45, 7) is 0.767. The molecule has 0 radical (unpaired) electrons. The number of carbonyl (C=O) groups is 1. The quantitative estimate of drug-likeness (QED) is 0.493. The van der Waals surface area contributed by atoms with E-state index in [2.05, 4.69) is 5.32 Å². The smallest absolute Gasteiger partial charge is 0.255 e. The molecule has 32 heavy (non-hydrogen) atoms. The summed E-state index contributed by atoms with van der Waals surface area (Å²) in [6, 6.07) is 10.7. The van der Waals surface area contributed by atoms with Crippen LogP contribution in [0.25, 0.3) is 0 Å². The predicted octanol–water partition coefficient (Wildman–Crippen LogP) is 3.33. The largest absolute Gasteiger partial charge is 0.503 e. The highest BCUT2D eigenvalue weighted by atomic mass is 32.2. The number of methoxy groups -OCH3 is 1. The molecule has 0 bridgehead atoms. The van der Waals surface area contributed by atoms with E-state index in [0.29, 0.717) is 19.5 Å². The number of phenolic OH excluding ortho intramolecular Hbond substituents is 1. The van der Waals surface area contributed by atoms with E-state index in [1.54, 1.807) is 22.5 Å². The highest BCUT2D eigenvalue weighted by molar-refractivity contribution is 7.89. The summed E-state index contributed by atoms with van der Waals surface area (Å²) in [7, 11) is -2.38. The molecule has 0 atom stereocenters. The average Bonchev–Trinajstić information content (AvgIpc) is 2.81. The van der Waals surface area contributed by atoms with E-state index in [9.17, 15) is 18.3 Å². The highest BCUT2D eigenvalue weighted by Gasteiger charge is 2.32. The Kier molecular flexibility index (Phi) is 8.11. The summed E-state index contributed by atoms with van der Waals surface area (Å²) < 4.78 is 33.6. The van der Waals surface area contributed by atoms with E-state index in [1.807, 2.05) is 0 Å². The molecule has 8 nitrogen and oxygen atoms in total. The molecular weight excluding hydrogens is 430 g/mol. The summed E-state index contributed by atoms with van der Waals surface area (Å²) in [5.41, 5.74) is 6.01. The third-order valence-corrected chi connectivity index (χ3v) is 7.68. The van der Waals surface area contributed by atoms with Crippen molar-refractivity contribution in [3.8, 4) is 11.5 Å². The Balaban J connectivity index is 1.86. The van der Waals surface area contributed by atoms with Gasteiger partial charge in [-0.2, -0.15) is 4.31 Å². The molecule has 0 saturated heterocycles. The SMILES string of the molecule is COc1cccc(NC(=O)c2cccc(S(=O)(=O)N(CCCN)C3CCCCC3)c2)c1O. The minimum absolute atomic E-state index is 0.0495. The minimum Gasteiger partial charge on any atom is -0.503 e. The number of para-hydroxylation sites is 1. The van der Waals surface area contributed by atoms with Gasteiger partial charge in [0.05, 0.1) is 17.7 Å². The number of carbonyl (C=O) groups excluding carboxylic acids is 1. The van der Waals surface area contributed by atoms with Crippen LogP contribution in [0, 0.1) is 0 Å². The lowest BCUT2D eigenvalue weighted by Gasteiger charge is -2.33. The molecule has 0 aromatic heterocycles. The lowest BCUT2D eigenvalue weighted by atomic mass is 9.95. The standard InChI is InChI=1S/C23H31N3O5S/c1-31-21-13-6-12-20(22(21)27)25-23(28)17-8-5-11-19(16-17)32(29,30)26(15-7-14-24)18-9-3-2-4-10-18/h5-6,8,11-13,16,18,27H,2-4,7,9-10,14-15,24H2,1H3,(H,25,28). The third-order valence-electron chi connectivity index (χ3n) is 5.73. The second-order valence-corrected chi connectivity index (χ2v) is 9.78. The van der Waals surface area contributed by atoms with Crippen molar-refractivity contribution < 1.29 is 23.1 Å². The highest BCUT2D eigenvalue weighted by Crippen LogP contribution is 2.34. The predicted molar refractivity (Wildman–Crippen MR) is 123 cm³/mol. The van der Waals surface area contributed by atoms with Gasteiger partial charge in [0.25, 0.3) is 5.91 Å². The molecule has 3 rings (SSSR count). The maximum atomic E-state index is 13.5. The molecule has 0 heterocycles.